The van der Waals surface area contributed by atoms with Gasteiger partial charge in [0, 0.05) is 12.8 Å². The molecular weight excluding hydrogens is 246 g/mol. The van der Waals surface area contributed by atoms with Gasteiger partial charge in [-0.1, -0.05) is 36.9 Å². The number of nitrogens with zero attached hydrogens (tertiary/aromatic N) is 1. The lowest BCUT2D eigenvalue weighted by atomic mass is 10.1. The van der Waals surface area contributed by atoms with Gasteiger partial charge < -0.3 is 10.6 Å². The highest BCUT2D eigenvalue weighted by Gasteiger charge is 2.14. The molecule has 0 saturated carbocycles. The van der Waals surface area contributed by atoms with E-state index in [2.05, 4.69) is 34.3 Å². The Labute approximate surface area is 119 Å². The number of hydrogen-bond donors (Lipinski definition) is 2. The molecule has 1 unspecified atom stereocenters. The quantitative estimate of drug-likeness (QED) is 0.823. The summed E-state index contributed by atoms with van der Waals surface area (Å²) in [6.07, 6.45) is 3.78. The number of benzene rings is 2. The summed E-state index contributed by atoms with van der Waals surface area (Å²) >= 11 is 0. The number of para-hydroxylation sites is 2. The maximum Gasteiger partial charge on any atom is 0.0789 e. The van der Waals surface area contributed by atoms with Gasteiger partial charge in [-0.2, -0.15) is 0 Å². The Hall–Kier alpha value is -2.55. The Kier molecular flexibility index (Phi) is 3.50. The molecule has 1 heterocycles. The monoisotopic (exact) mass is 263 g/mol. The van der Waals surface area contributed by atoms with E-state index in [0.717, 1.165) is 29.2 Å². The first kappa shape index (κ1) is 12.5. The number of anilines is 2. The van der Waals surface area contributed by atoms with Crippen LogP contribution in [0.1, 0.15) is 5.56 Å². The largest absolute Gasteiger partial charge is 0.381 e. The van der Waals surface area contributed by atoms with Crippen molar-refractivity contribution in [2.45, 2.75) is 6.04 Å². The predicted octanol–water partition coefficient (Wildman–Crippen LogP) is 3.94. The zero-order valence-corrected chi connectivity index (χ0v) is 11.2. The summed E-state index contributed by atoms with van der Waals surface area (Å²) in [5, 5.41) is 6.86. The maximum atomic E-state index is 4.52. The van der Waals surface area contributed by atoms with E-state index < -0.39 is 0 Å². The van der Waals surface area contributed by atoms with Gasteiger partial charge in [0.15, 0.2) is 0 Å². The Bertz CT molecular complexity index is 629. The van der Waals surface area contributed by atoms with E-state index in [4.69, 9.17) is 0 Å². The second-order valence-corrected chi connectivity index (χ2v) is 4.75. The van der Waals surface area contributed by atoms with E-state index >= 15 is 0 Å². The third-order valence-electron chi connectivity index (χ3n) is 3.31. The minimum atomic E-state index is 0.198. The Balaban J connectivity index is 1.69. The highest BCUT2D eigenvalue weighted by molar-refractivity contribution is 5.80. The molecule has 3 rings (SSSR count). The van der Waals surface area contributed by atoms with Crippen LogP contribution in [0.15, 0.2) is 60.1 Å². The molecule has 1 atom stereocenters. The van der Waals surface area contributed by atoms with E-state index in [-0.39, 0.29) is 6.04 Å². The fourth-order valence-corrected chi connectivity index (χ4v) is 2.20. The van der Waals surface area contributed by atoms with E-state index in [1.165, 1.54) is 0 Å². The molecule has 20 heavy (non-hydrogen) atoms. The molecule has 2 aromatic rings. The predicted molar refractivity (Wildman–Crippen MR) is 87.0 cm³/mol. The van der Waals surface area contributed by atoms with Crippen LogP contribution in [-0.4, -0.2) is 18.8 Å². The molecule has 100 valence electrons. The lowest BCUT2D eigenvalue weighted by Gasteiger charge is -2.25. The summed E-state index contributed by atoms with van der Waals surface area (Å²) < 4.78 is 0. The van der Waals surface area contributed by atoms with E-state index in [1.54, 1.807) is 0 Å². The first-order valence-electron chi connectivity index (χ1n) is 6.71. The Morgan fingerprint density at radius 1 is 1.05 bits per heavy atom. The normalized spacial score (nSPS) is 17.1. The number of nitrogens with one attached hydrogen (secondary N) is 2. The molecule has 0 saturated heterocycles. The number of rotatable bonds is 3. The van der Waals surface area contributed by atoms with Crippen molar-refractivity contribution in [2.75, 3.05) is 17.2 Å². The van der Waals surface area contributed by atoms with Gasteiger partial charge in [-0.3, -0.25) is 4.99 Å². The Morgan fingerprint density at radius 2 is 1.80 bits per heavy atom. The molecule has 1 aliphatic rings. The van der Waals surface area contributed by atoms with Crippen molar-refractivity contribution in [3.63, 3.8) is 0 Å². The third kappa shape index (κ3) is 2.72. The molecule has 1 aliphatic heterocycles. The van der Waals surface area contributed by atoms with Crippen LogP contribution in [-0.2, 0) is 0 Å². The topological polar surface area (TPSA) is 36.4 Å². The van der Waals surface area contributed by atoms with Gasteiger partial charge in [-0.05, 0) is 29.8 Å². The van der Waals surface area contributed by atoms with Crippen molar-refractivity contribution in [1.82, 2.24) is 0 Å². The minimum Gasteiger partial charge on any atom is -0.381 e. The molecular formula is C17H17N3. The van der Waals surface area contributed by atoms with Gasteiger partial charge in [0.05, 0.1) is 23.1 Å². The maximum absolute atomic E-state index is 4.52. The molecule has 0 fully saturated rings. The molecule has 2 aromatic carbocycles. The van der Waals surface area contributed by atoms with Gasteiger partial charge in [0.25, 0.3) is 0 Å². The lowest BCUT2D eigenvalue weighted by Crippen LogP contribution is -2.34. The van der Waals surface area contributed by atoms with Crippen LogP contribution in [0.25, 0.3) is 6.08 Å². The zero-order valence-electron chi connectivity index (χ0n) is 11.2. The standard InChI is InChI=1S/C17H17N3/c1-2-13-7-9-14(10-8-13)18-11-15-12-19-16-5-3-4-6-17(16)20-15/h2-11,15,19-20H,1,12H2. The molecule has 2 N–H and O–H groups in total. The molecule has 0 aromatic heterocycles. The van der Waals surface area contributed by atoms with Crippen molar-refractivity contribution in [3.05, 3.63) is 60.7 Å². The van der Waals surface area contributed by atoms with Crippen molar-refractivity contribution in [3.8, 4) is 0 Å². The lowest BCUT2D eigenvalue weighted by molar-refractivity contribution is 0.947. The highest BCUT2D eigenvalue weighted by atomic mass is 15.1. The zero-order chi connectivity index (χ0) is 13.8. The number of hydrogen-bond acceptors (Lipinski definition) is 3. The number of aliphatic imine (C=N–C) groups is 1. The molecule has 0 amide bonds. The van der Waals surface area contributed by atoms with Crippen LogP contribution in [0, 0.1) is 0 Å². The fourth-order valence-electron chi connectivity index (χ4n) is 2.20. The first-order valence-corrected chi connectivity index (χ1v) is 6.71. The van der Waals surface area contributed by atoms with Crippen molar-refractivity contribution >= 4 is 29.4 Å². The summed E-state index contributed by atoms with van der Waals surface area (Å²) in [5.41, 5.74) is 4.33. The number of fused-ring (bicyclic) bond motifs is 1. The average Bonchev–Trinajstić information content (AvgIpc) is 2.53. The summed E-state index contributed by atoms with van der Waals surface area (Å²) in [6.45, 7) is 4.58. The minimum absolute atomic E-state index is 0.198. The summed E-state index contributed by atoms with van der Waals surface area (Å²) in [6, 6.07) is 16.4. The van der Waals surface area contributed by atoms with Gasteiger partial charge in [-0.25, -0.2) is 0 Å². The molecule has 0 radical (unpaired) electrons. The van der Waals surface area contributed by atoms with Gasteiger partial charge in [0.1, 0.15) is 0 Å². The molecule has 3 nitrogen and oxygen atoms in total. The van der Waals surface area contributed by atoms with E-state index in [9.17, 15) is 0 Å². The summed E-state index contributed by atoms with van der Waals surface area (Å²) in [4.78, 5) is 4.52. The fraction of sp³-hybridized carbons (Fsp3) is 0.118. The van der Waals surface area contributed by atoms with Crippen molar-refractivity contribution in [2.24, 2.45) is 4.99 Å². The first-order chi connectivity index (χ1) is 9.85. The van der Waals surface area contributed by atoms with Gasteiger partial charge in [-0.15, -0.1) is 0 Å². The molecule has 3 heteroatoms. The summed E-state index contributed by atoms with van der Waals surface area (Å²) in [5.74, 6) is 0. The van der Waals surface area contributed by atoms with Crippen LogP contribution >= 0.6 is 0 Å². The summed E-state index contributed by atoms with van der Waals surface area (Å²) in [7, 11) is 0. The van der Waals surface area contributed by atoms with Gasteiger partial charge in [0.2, 0.25) is 0 Å². The highest BCUT2D eigenvalue weighted by Crippen LogP contribution is 2.25. The van der Waals surface area contributed by atoms with Gasteiger partial charge >= 0.3 is 0 Å². The van der Waals surface area contributed by atoms with Crippen molar-refractivity contribution < 1.29 is 0 Å². The van der Waals surface area contributed by atoms with Crippen LogP contribution in [0.5, 0.6) is 0 Å². The van der Waals surface area contributed by atoms with Crippen molar-refractivity contribution in [1.29, 1.82) is 0 Å². The average molecular weight is 263 g/mol. The smallest absolute Gasteiger partial charge is 0.0789 e. The van der Waals surface area contributed by atoms with E-state index in [0.29, 0.717) is 0 Å². The molecule has 0 aliphatic carbocycles. The van der Waals surface area contributed by atoms with Crippen LogP contribution in [0.2, 0.25) is 0 Å². The molecule has 0 bridgehead atoms. The third-order valence-corrected chi connectivity index (χ3v) is 3.31. The molecule has 0 spiro atoms. The van der Waals surface area contributed by atoms with Crippen LogP contribution in [0.3, 0.4) is 0 Å². The van der Waals surface area contributed by atoms with Crippen LogP contribution in [0.4, 0.5) is 17.1 Å². The SMILES string of the molecule is C=Cc1ccc(N=CC2CNc3ccccc3N2)cc1. The van der Waals surface area contributed by atoms with E-state index in [1.807, 2.05) is 48.7 Å². The second kappa shape index (κ2) is 5.61. The second-order valence-electron chi connectivity index (χ2n) is 4.75. The Morgan fingerprint density at radius 3 is 2.55 bits per heavy atom. The van der Waals surface area contributed by atoms with Crippen LogP contribution < -0.4 is 10.6 Å².